The first-order valence-electron chi connectivity index (χ1n) is 9.20. The number of aliphatic hydroxyl groups is 1. The van der Waals surface area contributed by atoms with Crippen LogP contribution in [-0.2, 0) is 17.6 Å². The third-order valence-electron chi connectivity index (χ3n) is 5.69. The molecule has 4 heteroatoms. The number of nitrogens with zero attached hydrogens (tertiary/aromatic N) is 1. The number of benzene rings is 1. The van der Waals surface area contributed by atoms with Gasteiger partial charge in [-0.05, 0) is 54.9 Å². The Morgan fingerprint density at radius 2 is 1.96 bits per heavy atom. The van der Waals surface area contributed by atoms with Crippen molar-refractivity contribution >= 4 is 5.91 Å². The number of fused-ring (bicyclic) bond motifs is 2. The number of hydrogen-bond donors (Lipinski definition) is 2. The van der Waals surface area contributed by atoms with E-state index in [1.807, 2.05) is 18.2 Å². The first kappa shape index (κ1) is 16.3. The van der Waals surface area contributed by atoms with Gasteiger partial charge in [-0.3, -0.25) is 9.78 Å². The topological polar surface area (TPSA) is 62.2 Å². The van der Waals surface area contributed by atoms with Crippen molar-refractivity contribution < 1.29 is 9.90 Å². The molecule has 2 aliphatic rings. The molecule has 4 rings (SSSR count). The summed E-state index contributed by atoms with van der Waals surface area (Å²) in [6.07, 6.45) is 6.49. The van der Waals surface area contributed by atoms with Crippen molar-refractivity contribution in [2.24, 2.45) is 5.92 Å². The van der Waals surface area contributed by atoms with Gasteiger partial charge in [0.05, 0.1) is 17.7 Å². The van der Waals surface area contributed by atoms with E-state index in [1.54, 1.807) is 6.20 Å². The Labute approximate surface area is 148 Å². The Morgan fingerprint density at radius 1 is 1.12 bits per heavy atom. The number of aryl methyl sites for hydroxylation is 2. The molecule has 0 unspecified atom stereocenters. The van der Waals surface area contributed by atoms with Gasteiger partial charge in [-0.15, -0.1) is 0 Å². The minimum Gasteiger partial charge on any atom is -0.396 e. The van der Waals surface area contributed by atoms with Gasteiger partial charge in [0.2, 0.25) is 5.91 Å². The molecule has 0 bridgehead atoms. The maximum atomic E-state index is 13.1. The Kier molecular flexibility index (Phi) is 4.53. The Morgan fingerprint density at radius 3 is 2.84 bits per heavy atom. The molecule has 1 aromatic heterocycles. The van der Waals surface area contributed by atoms with E-state index in [0.29, 0.717) is 0 Å². The molecule has 0 saturated heterocycles. The molecule has 2 aliphatic carbocycles. The average Bonchev–Trinajstić information content (AvgIpc) is 2.67. The summed E-state index contributed by atoms with van der Waals surface area (Å²) in [5.41, 5.74) is 4.55. The molecule has 1 heterocycles. The van der Waals surface area contributed by atoms with Gasteiger partial charge in [0.25, 0.3) is 0 Å². The van der Waals surface area contributed by atoms with Gasteiger partial charge < -0.3 is 10.4 Å². The third-order valence-corrected chi connectivity index (χ3v) is 5.69. The van der Waals surface area contributed by atoms with Crippen molar-refractivity contribution in [1.29, 1.82) is 0 Å². The van der Waals surface area contributed by atoms with Crippen LogP contribution in [0.25, 0.3) is 0 Å². The zero-order valence-corrected chi connectivity index (χ0v) is 14.3. The molecule has 4 nitrogen and oxygen atoms in total. The quantitative estimate of drug-likeness (QED) is 0.906. The summed E-state index contributed by atoms with van der Waals surface area (Å²) in [4.78, 5) is 17.6. The van der Waals surface area contributed by atoms with Crippen LogP contribution < -0.4 is 5.32 Å². The first-order chi connectivity index (χ1) is 12.3. The van der Waals surface area contributed by atoms with Gasteiger partial charge in [-0.25, -0.2) is 0 Å². The second-order valence-corrected chi connectivity index (χ2v) is 7.16. The smallest absolute Gasteiger partial charge is 0.229 e. The third kappa shape index (κ3) is 3.07. The second-order valence-electron chi connectivity index (χ2n) is 7.16. The van der Waals surface area contributed by atoms with Crippen LogP contribution in [0.5, 0.6) is 0 Å². The molecule has 0 fully saturated rings. The molecule has 3 atom stereocenters. The Hall–Kier alpha value is -2.20. The lowest BCUT2D eigenvalue weighted by atomic mass is 9.79. The molecule has 1 amide bonds. The van der Waals surface area contributed by atoms with Crippen LogP contribution in [0.4, 0.5) is 0 Å². The van der Waals surface area contributed by atoms with Crippen LogP contribution in [0.3, 0.4) is 0 Å². The number of carbonyl (C=O) groups is 1. The van der Waals surface area contributed by atoms with Crippen LogP contribution >= 0.6 is 0 Å². The van der Waals surface area contributed by atoms with Crippen molar-refractivity contribution in [2.75, 3.05) is 6.61 Å². The predicted octanol–water partition coefficient (Wildman–Crippen LogP) is 2.91. The predicted molar refractivity (Wildman–Crippen MR) is 96.1 cm³/mol. The van der Waals surface area contributed by atoms with E-state index in [2.05, 4.69) is 28.5 Å². The van der Waals surface area contributed by atoms with E-state index in [4.69, 9.17) is 0 Å². The molecule has 0 aliphatic heterocycles. The lowest BCUT2D eigenvalue weighted by Gasteiger charge is -2.34. The standard InChI is InChI=1S/C21H24N2O2/c24-13-16-11-10-14-5-1-2-8-17(14)20(16)23-21(25)18-9-3-6-15-7-4-12-22-19(15)18/h1-2,4-5,7-8,12,16,18,20,24H,3,6,9-11,13H2,(H,23,25)/t16-,18+,20+/m1/s1. The minimum absolute atomic E-state index is 0.0415. The van der Waals surface area contributed by atoms with Crippen molar-refractivity contribution in [3.8, 4) is 0 Å². The normalized spacial score (nSPS) is 24.9. The molecule has 25 heavy (non-hydrogen) atoms. The summed E-state index contributed by atoms with van der Waals surface area (Å²) in [6, 6.07) is 12.2. The van der Waals surface area contributed by atoms with Crippen LogP contribution in [0.2, 0.25) is 0 Å². The zero-order valence-electron chi connectivity index (χ0n) is 14.3. The van der Waals surface area contributed by atoms with E-state index in [0.717, 1.165) is 43.4 Å². The SMILES string of the molecule is O=C(N[C@@H]1c2ccccc2CC[C@@H]1CO)[C@H]1CCCc2cccnc21. The molecule has 2 N–H and O–H groups in total. The highest BCUT2D eigenvalue weighted by Gasteiger charge is 2.34. The van der Waals surface area contributed by atoms with Crippen molar-refractivity contribution in [1.82, 2.24) is 10.3 Å². The fraction of sp³-hybridized carbons (Fsp3) is 0.429. The number of hydrogen-bond acceptors (Lipinski definition) is 3. The van der Waals surface area contributed by atoms with E-state index in [-0.39, 0.29) is 30.4 Å². The maximum Gasteiger partial charge on any atom is 0.229 e. The second kappa shape index (κ2) is 6.96. The number of rotatable bonds is 3. The lowest BCUT2D eigenvalue weighted by molar-refractivity contribution is -0.124. The van der Waals surface area contributed by atoms with Crippen LogP contribution in [-0.4, -0.2) is 22.6 Å². The highest BCUT2D eigenvalue weighted by molar-refractivity contribution is 5.84. The number of pyridine rings is 1. The van der Waals surface area contributed by atoms with E-state index < -0.39 is 0 Å². The molecule has 130 valence electrons. The fourth-order valence-electron chi connectivity index (χ4n) is 4.34. The number of nitrogens with one attached hydrogen (secondary N) is 1. The summed E-state index contributed by atoms with van der Waals surface area (Å²) < 4.78 is 0. The molecule has 0 radical (unpaired) electrons. The Bertz CT molecular complexity index is 774. The monoisotopic (exact) mass is 336 g/mol. The van der Waals surface area contributed by atoms with E-state index in [1.165, 1.54) is 11.1 Å². The lowest BCUT2D eigenvalue weighted by Crippen LogP contribution is -2.41. The summed E-state index contributed by atoms with van der Waals surface area (Å²) in [5.74, 6) is -0.0659. The molecular formula is C21H24N2O2. The van der Waals surface area contributed by atoms with Crippen molar-refractivity contribution in [2.45, 2.75) is 44.1 Å². The van der Waals surface area contributed by atoms with Gasteiger partial charge in [0, 0.05) is 18.7 Å². The number of aromatic nitrogens is 1. The molecule has 1 aromatic carbocycles. The number of aliphatic hydroxyl groups excluding tert-OH is 1. The number of carbonyl (C=O) groups excluding carboxylic acids is 1. The van der Waals surface area contributed by atoms with Crippen LogP contribution in [0.1, 0.15) is 53.6 Å². The average molecular weight is 336 g/mol. The summed E-state index contributed by atoms with van der Waals surface area (Å²) in [7, 11) is 0. The summed E-state index contributed by atoms with van der Waals surface area (Å²) in [6.45, 7) is 0.0960. The largest absolute Gasteiger partial charge is 0.396 e. The van der Waals surface area contributed by atoms with Crippen molar-refractivity contribution in [3.05, 3.63) is 65.0 Å². The van der Waals surface area contributed by atoms with Gasteiger partial charge in [0.1, 0.15) is 0 Å². The molecule has 0 saturated carbocycles. The van der Waals surface area contributed by atoms with Gasteiger partial charge in [-0.1, -0.05) is 30.3 Å². The maximum absolute atomic E-state index is 13.1. The summed E-state index contributed by atoms with van der Waals surface area (Å²) >= 11 is 0. The van der Waals surface area contributed by atoms with Crippen molar-refractivity contribution in [3.63, 3.8) is 0 Å². The highest BCUT2D eigenvalue weighted by Crippen LogP contribution is 2.36. The fourth-order valence-corrected chi connectivity index (χ4v) is 4.34. The summed E-state index contributed by atoms with van der Waals surface area (Å²) in [5, 5.41) is 13.1. The Balaban J connectivity index is 1.60. The van der Waals surface area contributed by atoms with E-state index >= 15 is 0 Å². The molecule has 0 spiro atoms. The van der Waals surface area contributed by atoms with Crippen LogP contribution in [0, 0.1) is 5.92 Å². The number of amides is 1. The van der Waals surface area contributed by atoms with E-state index in [9.17, 15) is 9.90 Å². The zero-order chi connectivity index (χ0) is 17.2. The molecular weight excluding hydrogens is 312 g/mol. The van der Waals surface area contributed by atoms with Gasteiger partial charge in [0.15, 0.2) is 0 Å². The van der Waals surface area contributed by atoms with Gasteiger partial charge in [-0.2, -0.15) is 0 Å². The molecule has 2 aromatic rings. The minimum atomic E-state index is -0.182. The van der Waals surface area contributed by atoms with Crippen LogP contribution in [0.15, 0.2) is 42.6 Å². The first-order valence-corrected chi connectivity index (χ1v) is 9.20. The highest BCUT2D eigenvalue weighted by atomic mass is 16.3. The van der Waals surface area contributed by atoms with Gasteiger partial charge >= 0.3 is 0 Å².